The number of alkyl halides is 3. The minimum atomic E-state index is -4.51. The van der Waals surface area contributed by atoms with Gasteiger partial charge < -0.3 is 5.32 Å². The standard InChI is InChI=1S/C21H19ClF3N3OS/c1-13(12-28-14(2)11-19(27-28)21(23,24)25)20(29)26-17-5-3-4-6-18(17)30-16-9-7-15(22)8-10-16/h3-11,13H,12H2,1-2H3,(H,26,29). The third kappa shape index (κ3) is 5.58. The lowest BCUT2D eigenvalue weighted by Crippen LogP contribution is -2.25. The number of para-hydroxylation sites is 1. The van der Waals surface area contributed by atoms with Crippen LogP contribution in [-0.2, 0) is 17.5 Å². The van der Waals surface area contributed by atoms with Crippen LogP contribution in [0.2, 0.25) is 5.02 Å². The van der Waals surface area contributed by atoms with Crippen LogP contribution < -0.4 is 5.32 Å². The van der Waals surface area contributed by atoms with Crippen LogP contribution in [0.1, 0.15) is 18.3 Å². The molecule has 158 valence electrons. The van der Waals surface area contributed by atoms with Gasteiger partial charge in [-0.2, -0.15) is 18.3 Å². The highest BCUT2D eigenvalue weighted by molar-refractivity contribution is 7.99. The van der Waals surface area contributed by atoms with E-state index in [2.05, 4.69) is 10.4 Å². The van der Waals surface area contributed by atoms with Crippen LogP contribution >= 0.6 is 23.4 Å². The van der Waals surface area contributed by atoms with Crippen LogP contribution in [0.15, 0.2) is 64.4 Å². The summed E-state index contributed by atoms with van der Waals surface area (Å²) in [7, 11) is 0. The Kier molecular flexibility index (Phi) is 6.77. The predicted molar refractivity (Wildman–Crippen MR) is 112 cm³/mol. The van der Waals surface area contributed by atoms with E-state index in [4.69, 9.17) is 11.6 Å². The molecule has 0 fully saturated rings. The lowest BCUT2D eigenvalue weighted by molar-refractivity contribution is -0.141. The van der Waals surface area contributed by atoms with Gasteiger partial charge in [0.1, 0.15) is 0 Å². The van der Waals surface area contributed by atoms with Gasteiger partial charge in [0.05, 0.1) is 18.2 Å². The third-order valence-electron chi connectivity index (χ3n) is 4.35. The van der Waals surface area contributed by atoms with Crippen molar-refractivity contribution in [1.29, 1.82) is 0 Å². The fourth-order valence-corrected chi connectivity index (χ4v) is 3.75. The van der Waals surface area contributed by atoms with Crippen molar-refractivity contribution in [2.24, 2.45) is 5.92 Å². The summed E-state index contributed by atoms with van der Waals surface area (Å²) < 4.78 is 39.7. The fraction of sp³-hybridized carbons (Fsp3) is 0.238. The van der Waals surface area contributed by atoms with Crippen molar-refractivity contribution in [3.8, 4) is 0 Å². The second-order valence-corrected chi connectivity index (χ2v) is 8.35. The van der Waals surface area contributed by atoms with Crippen molar-refractivity contribution >= 4 is 35.0 Å². The summed E-state index contributed by atoms with van der Waals surface area (Å²) in [5.74, 6) is -0.888. The molecule has 0 aliphatic carbocycles. The summed E-state index contributed by atoms with van der Waals surface area (Å²) in [6.45, 7) is 3.23. The van der Waals surface area contributed by atoms with Crippen LogP contribution in [0, 0.1) is 12.8 Å². The number of aryl methyl sites for hydroxylation is 1. The van der Waals surface area contributed by atoms with Gasteiger partial charge in [0, 0.05) is 20.5 Å². The van der Waals surface area contributed by atoms with Crippen LogP contribution in [0.4, 0.5) is 18.9 Å². The predicted octanol–water partition coefficient (Wildman–Crippen LogP) is 6.29. The van der Waals surface area contributed by atoms with E-state index >= 15 is 0 Å². The Balaban J connectivity index is 1.70. The molecule has 0 aliphatic rings. The molecule has 3 rings (SSSR count). The summed E-state index contributed by atoms with van der Waals surface area (Å²) in [5.41, 5.74) is 0.0143. The Labute approximate surface area is 181 Å². The summed E-state index contributed by atoms with van der Waals surface area (Å²) in [4.78, 5) is 14.5. The molecule has 3 aromatic rings. The maximum absolute atomic E-state index is 12.8. The molecule has 0 aliphatic heterocycles. The molecule has 0 saturated heterocycles. The van der Waals surface area contributed by atoms with E-state index in [9.17, 15) is 18.0 Å². The average Bonchev–Trinajstić information content (AvgIpc) is 3.06. The zero-order chi connectivity index (χ0) is 21.9. The van der Waals surface area contributed by atoms with Gasteiger partial charge in [0.25, 0.3) is 0 Å². The van der Waals surface area contributed by atoms with Crippen molar-refractivity contribution in [3.63, 3.8) is 0 Å². The number of benzene rings is 2. The topological polar surface area (TPSA) is 46.9 Å². The first-order chi connectivity index (χ1) is 14.1. The first kappa shape index (κ1) is 22.2. The smallest absolute Gasteiger partial charge is 0.325 e. The number of hydrogen-bond donors (Lipinski definition) is 1. The molecular formula is C21H19ClF3N3OS. The Bertz CT molecular complexity index is 1030. The van der Waals surface area contributed by atoms with E-state index < -0.39 is 17.8 Å². The Morgan fingerprint density at radius 2 is 1.87 bits per heavy atom. The van der Waals surface area contributed by atoms with Gasteiger partial charge in [-0.25, -0.2) is 0 Å². The Morgan fingerprint density at radius 3 is 2.50 bits per heavy atom. The molecule has 0 spiro atoms. The van der Waals surface area contributed by atoms with E-state index in [-0.39, 0.29) is 12.5 Å². The van der Waals surface area contributed by atoms with Crippen molar-refractivity contribution in [1.82, 2.24) is 9.78 Å². The maximum atomic E-state index is 12.8. The van der Waals surface area contributed by atoms with Crippen molar-refractivity contribution in [2.45, 2.75) is 36.4 Å². The highest BCUT2D eigenvalue weighted by atomic mass is 35.5. The maximum Gasteiger partial charge on any atom is 0.435 e. The monoisotopic (exact) mass is 453 g/mol. The first-order valence-electron chi connectivity index (χ1n) is 9.08. The van der Waals surface area contributed by atoms with Crippen LogP contribution in [0.3, 0.4) is 0 Å². The van der Waals surface area contributed by atoms with Gasteiger partial charge in [-0.1, -0.05) is 42.4 Å². The van der Waals surface area contributed by atoms with E-state index in [1.807, 2.05) is 24.3 Å². The van der Waals surface area contributed by atoms with E-state index in [1.165, 1.54) is 23.4 Å². The van der Waals surface area contributed by atoms with Gasteiger partial charge in [0.2, 0.25) is 5.91 Å². The number of aromatic nitrogens is 2. The number of nitrogens with zero attached hydrogens (tertiary/aromatic N) is 2. The van der Waals surface area contributed by atoms with Crippen molar-refractivity contribution < 1.29 is 18.0 Å². The highest BCUT2D eigenvalue weighted by Gasteiger charge is 2.34. The zero-order valence-corrected chi connectivity index (χ0v) is 17.8. The fourth-order valence-electron chi connectivity index (χ4n) is 2.72. The average molecular weight is 454 g/mol. The number of carbonyl (C=O) groups is 1. The van der Waals surface area contributed by atoms with Crippen LogP contribution in [0.25, 0.3) is 0 Å². The lowest BCUT2D eigenvalue weighted by Gasteiger charge is -2.15. The number of anilines is 1. The van der Waals surface area contributed by atoms with E-state index in [0.717, 1.165) is 15.9 Å². The van der Waals surface area contributed by atoms with Gasteiger partial charge >= 0.3 is 6.18 Å². The lowest BCUT2D eigenvalue weighted by atomic mass is 10.1. The molecule has 2 aromatic carbocycles. The molecule has 1 aromatic heterocycles. The molecule has 0 radical (unpaired) electrons. The minimum absolute atomic E-state index is 0.0419. The highest BCUT2D eigenvalue weighted by Crippen LogP contribution is 2.34. The van der Waals surface area contributed by atoms with E-state index in [1.54, 1.807) is 31.2 Å². The molecule has 1 N–H and O–H groups in total. The number of amides is 1. The SMILES string of the molecule is Cc1cc(C(F)(F)F)nn1CC(C)C(=O)Nc1ccccc1Sc1ccc(Cl)cc1. The van der Waals surface area contributed by atoms with Gasteiger partial charge in [0.15, 0.2) is 5.69 Å². The molecule has 0 saturated carbocycles. The van der Waals surface area contributed by atoms with E-state index in [0.29, 0.717) is 16.4 Å². The summed E-state index contributed by atoms with van der Waals surface area (Å²) in [6, 6.07) is 15.6. The quantitative estimate of drug-likeness (QED) is 0.477. The summed E-state index contributed by atoms with van der Waals surface area (Å²) >= 11 is 7.39. The first-order valence-corrected chi connectivity index (χ1v) is 10.3. The molecule has 30 heavy (non-hydrogen) atoms. The minimum Gasteiger partial charge on any atom is -0.325 e. The number of nitrogens with one attached hydrogen (secondary N) is 1. The van der Waals surface area contributed by atoms with Crippen molar-refractivity contribution in [3.05, 3.63) is 71.0 Å². The van der Waals surface area contributed by atoms with Crippen molar-refractivity contribution in [2.75, 3.05) is 5.32 Å². The Hall–Kier alpha value is -2.45. The zero-order valence-electron chi connectivity index (χ0n) is 16.2. The van der Waals surface area contributed by atoms with Gasteiger partial charge in [-0.15, -0.1) is 0 Å². The molecule has 1 atom stereocenters. The second-order valence-electron chi connectivity index (χ2n) is 6.79. The Morgan fingerprint density at radius 1 is 1.20 bits per heavy atom. The summed E-state index contributed by atoms with van der Waals surface area (Å²) in [5, 5.41) is 7.09. The number of hydrogen-bond acceptors (Lipinski definition) is 3. The number of halogens is 4. The molecule has 4 nitrogen and oxygen atoms in total. The normalized spacial score (nSPS) is 12.6. The van der Waals surface area contributed by atoms with Crippen LogP contribution in [-0.4, -0.2) is 15.7 Å². The molecule has 9 heteroatoms. The number of rotatable bonds is 6. The second kappa shape index (κ2) is 9.14. The largest absolute Gasteiger partial charge is 0.435 e. The van der Waals surface area contributed by atoms with Gasteiger partial charge in [-0.05, 0) is 49.4 Å². The number of carbonyl (C=O) groups excluding carboxylic acids is 1. The van der Waals surface area contributed by atoms with Crippen LogP contribution in [0.5, 0.6) is 0 Å². The molecule has 1 heterocycles. The van der Waals surface area contributed by atoms with Gasteiger partial charge in [-0.3, -0.25) is 9.48 Å². The molecule has 1 unspecified atom stereocenters. The third-order valence-corrected chi connectivity index (χ3v) is 5.69. The molecule has 0 bridgehead atoms. The molecular weight excluding hydrogens is 435 g/mol. The molecule has 1 amide bonds. The summed E-state index contributed by atoms with van der Waals surface area (Å²) in [6.07, 6.45) is -4.51.